The molecule has 1 saturated heterocycles. The maximum absolute atomic E-state index is 12.4. The van der Waals surface area contributed by atoms with Gasteiger partial charge in [0, 0.05) is 25.3 Å². The average Bonchev–Trinajstić information content (AvgIpc) is 2.52. The van der Waals surface area contributed by atoms with Gasteiger partial charge in [0.1, 0.15) is 0 Å². The van der Waals surface area contributed by atoms with E-state index in [1.54, 1.807) is 24.3 Å². The van der Waals surface area contributed by atoms with E-state index in [2.05, 4.69) is 16.6 Å². The molecule has 0 saturated carbocycles. The Labute approximate surface area is 125 Å². The maximum atomic E-state index is 12.4. The normalized spacial score (nSPS) is 16.2. The van der Waals surface area contributed by atoms with Gasteiger partial charge >= 0.3 is 0 Å². The van der Waals surface area contributed by atoms with Crippen molar-refractivity contribution in [3.05, 3.63) is 29.8 Å². The number of hydrogen-bond acceptors (Lipinski definition) is 4. The summed E-state index contributed by atoms with van der Waals surface area (Å²) in [6.07, 6.45) is 1.77. The van der Waals surface area contributed by atoms with Crippen LogP contribution in [0.15, 0.2) is 29.2 Å². The predicted molar refractivity (Wildman–Crippen MR) is 81.1 cm³/mol. The SMILES string of the molecule is NCC#Cc1ccccc1S(=O)(=O)NCC1CCOCC1. The van der Waals surface area contributed by atoms with Crippen molar-refractivity contribution < 1.29 is 13.2 Å². The maximum Gasteiger partial charge on any atom is 0.241 e. The highest BCUT2D eigenvalue weighted by Gasteiger charge is 2.20. The first-order valence-corrected chi connectivity index (χ1v) is 8.47. The number of hydrogen-bond donors (Lipinski definition) is 2. The highest BCUT2D eigenvalue weighted by Crippen LogP contribution is 2.17. The second-order valence-corrected chi connectivity index (χ2v) is 6.65. The van der Waals surface area contributed by atoms with Crippen LogP contribution in [0, 0.1) is 17.8 Å². The van der Waals surface area contributed by atoms with Crippen LogP contribution in [0.1, 0.15) is 18.4 Å². The van der Waals surface area contributed by atoms with Crippen molar-refractivity contribution in [2.75, 3.05) is 26.3 Å². The first-order valence-electron chi connectivity index (χ1n) is 6.99. The average molecular weight is 308 g/mol. The van der Waals surface area contributed by atoms with Crippen LogP contribution in [0.5, 0.6) is 0 Å². The molecule has 1 heterocycles. The summed E-state index contributed by atoms with van der Waals surface area (Å²) < 4.78 is 32.8. The van der Waals surface area contributed by atoms with Crippen molar-refractivity contribution in [3.8, 4) is 11.8 Å². The predicted octanol–water partition coefficient (Wildman–Crippen LogP) is 0.702. The van der Waals surface area contributed by atoms with Gasteiger partial charge in [0.25, 0.3) is 0 Å². The summed E-state index contributed by atoms with van der Waals surface area (Å²) in [6, 6.07) is 6.70. The fraction of sp³-hybridized carbons (Fsp3) is 0.467. The third-order valence-corrected chi connectivity index (χ3v) is 4.89. The Hall–Kier alpha value is -1.39. The van der Waals surface area contributed by atoms with Gasteiger partial charge < -0.3 is 10.5 Å². The van der Waals surface area contributed by atoms with Gasteiger partial charge in [-0.3, -0.25) is 0 Å². The van der Waals surface area contributed by atoms with Gasteiger partial charge in [-0.25, -0.2) is 13.1 Å². The van der Waals surface area contributed by atoms with Crippen molar-refractivity contribution in [2.45, 2.75) is 17.7 Å². The Kier molecular flexibility index (Phi) is 5.76. The molecule has 21 heavy (non-hydrogen) atoms. The fourth-order valence-electron chi connectivity index (χ4n) is 2.21. The van der Waals surface area contributed by atoms with E-state index in [4.69, 9.17) is 10.5 Å². The van der Waals surface area contributed by atoms with Gasteiger partial charge in [-0.1, -0.05) is 24.0 Å². The number of sulfonamides is 1. The van der Waals surface area contributed by atoms with E-state index in [1.165, 1.54) is 0 Å². The molecule has 1 aromatic carbocycles. The largest absolute Gasteiger partial charge is 0.381 e. The minimum atomic E-state index is -3.55. The third-order valence-electron chi connectivity index (χ3n) is 3.40. The highest BCUT2D eigenvalue weighted by atomic mass is 32.2. The van der Waals surface area contributed by atoms with E-state index in [0.717, 1.165) is 12.8 Å². The Bertz CT molecular complexity index is 626. The number of benzene rings is 1. The molecule has 0 radical (unpaired) electrons. The molecule has 5 nitrogen and oxygen atoms in total. The molecule has 6 heteroatoms. The van der Waals surface area contributed by atoms with E-state index in [0.29, 0.717) is 31.2 Å². The summed E-state index contributed by atoms with van der Waals surface area (Å²) in [5.41, 5.74) is 5.82. The number of ether oxygens (including phenoxy) is 1. The molecule has 0 amide bonds. The number of rotatable bonds is 4. The van der Waals surface area contributed by atoms with E-state index >= 15 is 0 Å². The molecule has 0 spiro atoms. The highest BCUT2D eigenvalue weighted by molar-refractivity contribution is 7.89. The van der Waals surface area contributed by atoms with E-state index < -0.39 is 10.0 Å². The molecule has 1 fully saturated rings. The molecular weight excluding hydrogens is 288 g/mol. The lowest BCUT2D eigenvalue weighted by atomic mass is 10.0. The van der Waals surface area contributed by atoms with Gasteiger partial charge in [0.15, 0.2) is 0 Å². The molecule has 0 aliphatic carbocycles. The molecule has 1 aliphatic rings. The molecule has 114 valence electrons. The van der Waals surface area contributed by atoms with Gasteiger partial charge in [-0.15, -0.1) is 0 Å². The van der Waals surface area contributed by atoms with Crippen LogP contribution in [0.4, 0.5) is 0 Å². The zero-order chi connectivity index (χ0) is 15.1. The molecular formula is C15H20N2O3S. The molecule has 0 bridgehead atoms. The molecule has 1 aromatic rings. The molecule has 0 aromatic heterocycles. The van der Waals surface area contributed by atoms with Crippen molar-refractivity contribution in [2.24, 2.45) is 11.7 Å². The van der Waals surface area contributed by atoms with Crippen molar-refractivity contribution in [1.29, 1.82) is 0 Å². The van der Waals surface area contributed by atoms with Crippen LogP contribution >= 0.6 is 0 Å². The Balaban J connectivity index is 2.11. The van der Waals surface area contributed by atoms with E-state index in [-0.39, 0.29) is 11.4 Å². The standard InChI is InChI=1S/C15H20N2O3S/c16-9-3-5-14-4-1-2-6-15(14)21(18,19)17-12-13-7-10-20-11-8-13/h1-2,4,6,13,17H,7-12,16H2. The summed E-state index contributed by atoms with van der Waals surface area (Å²) in [4.78, 5) is 0.206. The number of nitrogens with two attached hydrogens (primary N) is 1. The first-order chi connectivity index (χ1) is 10.1. The van der Waals surface area contributed by atoms with Crippen LogP contribution in [-0.2, 0) is 14.8 Å². The zero-order valence-corrected chi connectivity index (χ0v) is 12.7. The minimum Gasteiger partial charge on any atom is -0.381 e. The lowest BCUT2D eigenvalue weighted by molar-refractivity contribution is 0.0678. The van der Waals surface area contributed by atoms with Gasteiger partial charge in [0.2, 0.25) is 10.0 Å². The molecule has 3 N–H and O–H groups in total. The molecule has 2 rings (SSSR count). The monoisotopic (exact) mass is 308 g/mol. The second kappa shape index (κ2) is 7.57. The molecule has 0 atom stereocenters. The smallest absolute Gasteiger partial charge is 0.241 e. The lowest BCUT2D eigenvalue weighted by Gasteiger charge is -2.22. The zero-order valence-electron chi connectivity index (χ0n) is 11.8. The summed E-state index contributed by atoms with van der Waals surface area (Å²) in [7, 11) is -3.55. The Morgan fingerprint density at radius 1 is 1.29 bits per heavy atom. The summed E-state index contributed by atoms with van der Waals surface area (Å²) in [6.45, 7) is 2.03. The van der Waals surface area contributed by atoms with Crippen molar-refractivity contribution >= 4 is 10.0 Å². The second-order valence-electron chi connectivity index (χ2n) is 4.91. The van der Waals surface area contributed by atoms with Crippen LogP contribution < -0.4 is 10.5 Å². The van der Waals surface area contributed by atoms with Crippen LogP contribution in [0.2, 0.25) is 0 Å². The Morgan fingerprint density at radius 2 is 2.00 bits per heavy atom. The van der Waals surface area contributed by atoms with Gasteiger partial charge in [-0.05, 0) is 30.9 Å². The minimum absolute atomic E-state index is 0.198. The number of nitrogens with one attached hydrogen (secondary N) is 1. The quantitative estimate of drug-likeness (QED) is 0.802. The van der Waals surface area contributed by atoms with Gasteiger partial charge in [0.05, 0.1) is 11.4 Å². The van der Waals surface area contributed by atoms with Crippen LogP contribution in [-0.4, -0.2) is 34.7 Å². The van der Waals surface area contributed by atoms with Crippen molar-refractivity contribution in [3.63, 3.8) is 0 Å². The molecule has 1 aliphatic heterocycles. The van der Waals surface area contributed by atoms with Crippen LogP contribution in [0.25, 0.3) is 0 Å². The topological polar surface area (TPSA) is 81.4 Å². The van der Waals surface area contributed by atoms with Crippen LogP contribution in [0.3, 0.4) is 0 Å². The first kappa shape index (κ1) is 16.0. The summed E-state index contributed by atoms with van der Waals surface area (Å²) >= 11 is 0. The molecule has 0 unspecified atom stereocenters. The lowest BCUT2D eigenvalue weighted by Crippen LogP contribution is -2.32. The van der Waals surface area contributed by atoms with E-state index in [9.17, 15) is 8.42 Å². The summed E-state index contributed by atoms with van der Waals surface area (Å²) in [5, 5.41) is 0. The fourth-order valence-corrected chi connectivity index (χ4v) is 3.48. The van der Waals surface area contributed by atoms with E-state index in [1.807, 2.05) is 0 Å². The Morgan fingerprint density at radius 3 is 2.71 bits per heavy atom. The summed E-state index contributed by atoms with van der Waals surface area (Å²) in [5.74, 6) is 5.82. The van der Waals surface area contributed by atoms with Gasteiger partial charge in [-0.2, -0.15) is 0 Å². The third kappa shape index (κ3) is 4.55. The van der Waals surface area contributed by atoms with Crippen molar-refractivity contribution in [1.82, 2.24) is 4.72 Å².